The van der Waals surface area contributed by atoms with Crippen LogP contribution in [0.3, 0.4) is 0 Å². The Labute approximate surface area is 230 Å². The van der Waals surface area contributed by atoms with Crippen LogP contribution in [0.2, 0.25) is 0 Å². The first-order chi connectivity index (χ1) is 19.1. The number of hydrogen-bond donors (Lipinski definition) is 2. The quantitative estimate of drug-likeness (QED) is 0.291. The van der Waals surface area contributed by atoms with Gasteiger partial charge in [0.2, 0.25) is 0 Å². The summed E-state index contributed by atoms with van der Waals surface area (Å²) in [6, 6.07) is 9.01. The van der Waals surface area contributed by atoms with Crippen molar-refractivity contribution < 1.29 is 19.0 Å². The summed E-state index contributed by atoms with van der Waals surface area (Å²) in [5.74, 6) is 3.65. The molecule has 2 heterocycles. The second kappa shape index (κ2) is 12.7. The van der Waals surface area contributed by atoms with Crippen molar-refractivity contribution in [1.29, 1.82) is 0 Å². The van der Waals surface area contributed by atoms with Gasteiger partial charge in [-0.1, -0.05) is 0 Å². The van der Waals surface area contributed by atoms with Gasteiger partial charge in [0.25, 0.3) is 0 Å². The molecule has 2 aromatic heterocycles. The van der Waals surface area contributed by atoms with Crippen molar-refractivity contribution in [2.45, 2.75) is 70.5 Å². The molecule has 39 heavy (non-hydrogen) atoms. The molecule has 2 atom stereocenters. The van der Waals surface area contributed by atoms with Gasteiger partial charge in [-0.15, -0.1) is 0 Å². The third-order valence-corrected chi connectivity index (χ3v) is 8.35. The molecule has 2 saturated carbocycles. The Hall–Kier alpha value is -3.33. The summed E-state index contributed by atoms with van der Waals surface area (Å²) in [6.45, 7) is 3.99. The average molecular weight is 536 g/mol. The van der Waals surface area contributed by atoms with Crippen LogP contribution in [0, 0.1) is 11.8 Å². The van der Waals surface area contributed by atoms with Gasteiger partial charge >= 0.3 is 5.97 Å². The average Bonchev–Trinajstić information content (AvgIpc) is 3.58. The lowest BCUT2D eigenvalue weighted by atomic mass is 9.77. The van der Waals surface area contributed by atoms with E-state index in [-0.39, 0.29) is 5.97 Å². The Morgan fingerprint density at radius 1 is 1.08 bits per heavy atom. The standard InChI is InChI=1S/C30H41N5O4/c1-4-39-28(36)10-6-20-13-23(14-20)31-17-21-5-8-24(15-21)35-12-11-26-29(33-19-34-30(26)35)32-18-22-7-9-25(37-2)16-27(22)38-3/h7,9,11-12,16,19-21,23-24,31H,4-6,8,10,13-15,17-18H2,1-3H3,(H,32,33,34)/t20?,21-,23?,24+/m1/s1. The molecule has 5 rings (SSSR count). The second-order valence-electron chi connectivity index (χ2n) is 10.8. The highest BCUT2D eigenvalue weighted by molar-refractivity contribution is 5.87. The number of esters is 1. The Kier molecular flexibility index (Phi) is 8.86. The van der Waals surface area contributed by atoms with Crippen molar-refractivity contribution in [1.82, 2.24) is 19.9 Å². The van der Waals surface area contributed by atoms with Gasteiger partial charge in [0.05, 0.1) is 26.2 Å². The van der Waals surface area contributed by atoms with Gasteiger partial charge in [0, 0.05) is 42.9 Å². The summed E-state index contributed by atoms with van der Waals surface area (Å²) < 4.78 is 18.2. The van der Waals surface area contributed by atoms with Gasteiger partial charge in [0.15, 0.2) is 0 Å². The maximum absolute atomic E-state index is 11.6. The number of benzene rings is 1. The first-order valence-corrected chi connectivity index (χ1v) is 14.2. The Morgan fingerprint density at radius 3 is 2.74 bits per heavy atom. The van der Waals surface area contributed by atoms with Gasteiger partial charge in [-0.05, 0) is 82.0 Å². The molecule has 210 valence electrons. The molecule has 0 bridgehead atoms. The van der Waals surface area contributed by atoms with E-state index in [4.69, 9.17) is 14.2 Å². The van der Waals surface area contributed by atoms with E-state index in [9.17, 15) is 4.79 Å². The molecule has 9 nitrogen and oxygen atoms in total. The van der Waals surface area contributed by atoms with Crippen molar-refractivity contribution in [2.75, 3.05) is 32.7 Å². The number of aromatic nitrogens is 3. The minimum Gasteiger partial charge on any atom is -0.497 e. The monoisotopic (exact) mass is 535 g/mol. The number of hydrogen-bond acceptors (Lipinski definition) is 8. The maximum atomic E-state index is 11.6. The van der Waals surface area contributed by atoms with Gasteiger partial charge in [-0.25, -0.2) is 9.97 Å². The van der Waals surface area contributed by atoms with Gasteiger partial charge in [-0.2, -0.15) is 0 Å². The third kappa shape index (κ3) is 6.46. The largest absolute Gasteiger partial charge is 0.497 e. The molecule has 0 amide bonds. The minimum absolute atomic E-state index is 0.0610. The lowest BCUT2D eigenvalue weighted by Crippen LogP contribution is -2.43. The summed E-state index contributed by atoms with van der Waals surface area (Å²) in [4.78, 5) is 20.8. The van der Waals surface area contributed by atoms with Crippen LogP contribution in [-0.4, -0.2) is 53.9 Å². The molecule has 1 aromatic carbocycles. The first kappa shape index (κ1) is 27.2. The zero-order valence-corrected chi connectivity index (χ0v) is 23.3. The Bertz CT molecular complexity index is 1260. The lowest BCUT2D eigenvalue weighted by Gasteiger charge is -2.36. The van der Waals surface area contributed by atoms with Crippen LogP contribution in [0.4, 0.5) is 5.82 Å². The van der Waals surface area contributed by atoms with E-state index < -0.39 is 0 Å². The van der Waals surface area contributed by atoms with E-state index >= 15 is 0 Å². The SMILES string of the molecule is CCOC(=O)CCC1CC(NC[C@@H]2CC[C@H](n3ccc4c(NCc5ccc(OC)cc5OC)ncnc43)C2)C1. The van der Waals surface area contributed by atoms with Crippen LogP contribution < -0.4 is 20.1 Å². The fraction of sp³-hybridized carbons (Fsp3) is 0.567. The molecule has 2 aliphatic rings. The molecule has 0 radical (unpaired) electrons. The van der Waals surface area contributed by atoms with E-state index in [0.717, 1.165) is 53.3 Å². The molecule has 2 aliphatic carbocycles. The van der Waals surface area contributed by atoms with E-state index in [1.165, 1.54) is 25.7 Å². The minimum atomic E-state index is -0.0610. The highest BCUT2D eigenvalue weighted by Gasteiger charge is 2.32. The lowest BCUT2D eigenvalue weighted by molar-refractivity contribution is -0.143. The summed E-state index contributed by atoms with van der Waals surface area (Å²) in [5, 5.41) is 8.30. The Balaban J connectivity index is 1.12. The smallest absolute Gasteiger partial charge is 0.305 e. The molecular formula is C30H41N5O4. The van der Waals surface area contributed by atoms with Crippen LogP contribution in [0.25, 0.3) is 11.0 Å². The molecule has 0 aliphatic heterocycles. The predicted octanol–water partition coefficient (Wildman–Crippen LogP) is 5.11. The fourth-order valence-corrected chi connectivity index (χ4v) is 6.10. The number of methoxy groups -OCH3 is 2. The van der Waals surface area contributed by atoms with Gasteiger partial charge in [-0.3, -0.25) is 4.79 Å². The van der Waals surface area contributed by atoms with Crippen molar-refractivity contribution in [3.05, 3.63) is 42.4 Å². The summed E-state index contributed by atoms with van der Waals surface area (Å²) >= 11 is 0. The fourth-order valence-electron chi connectivity index (χ4n) is 6.10. The number of nitrogens with one attached hydrogen (secondary N) is 2. The number of carbonyl (C=O) groups excluding carboxylic acids is 1. The molecule has 9 heteroatoms. The number of ether oxygens (including phenoxy) is 3. The first-order valence-electron chi connectivity index (χ1n) is 14.2. The third-order valence-electron chi connectivity index (χ3n) is 8.35. The zero-order valence-electron chi connectivity index (χ0n) is 23.3. The van der Waals surface area contributed by atoms with E-state index in [1.54, 1.807) is 20.5 Å². The summed E-state index contributed by atoms with van der Waals surface area (Å²) in [5.41, 5.74) is 2.02. The molecule has 0 saturated heterocycles. The van der Waals surface area contributed by atoms with Crippen LogP contribution in [-0.2, 0) is 16.1 Å². The summed E-state index contributed by atoms with van der Waals surface area (Å²) in [6.07, 6.45) is 11.2. The number of fused-ring (bicyclic) bond motifs is 1. The topological polar surface area (TPSA) is 99.5 Å². The molecule has 2 N–H and O–H groups in total. The van der Waals surface area contributed by atoms with Crippen molar-refractivity contribution in [3.8, 4) is 11.5 Å². The number of anilines is 1. The van der Waals surface area contributed by atoms with Crippen LogP contribution in [0.1, 0.15) is 63.5 Å². The van der Waals surface area contributed by atoms with Gasteiger partial charge in [0.1, 0.15) is 29.3 Å². The van der Waals surface area contributed by atoms with Crippen molar-refractivity contribution >= 4 is 22.8 Å². The van der Waals surface area contributed by atoms with E-state index in [1.807, 2.05) is 25.1 Å². The Morgan fingerprint density at radius 2 is 1.95 bits per heavy atom. The highest BCUT2D eigenvalue weighted by Crippen LogP contribution is 2.38. The van der Waals surface area contributed by atoms with Crippen molar-refractivity contribution in [2.24, 2.45) is 11.8 Å². The zero-order chi connectivity index (χ0) is 27.2. The number of carbonyl (C=O) groups is 1. The molecule has 0 unspecified atom stereocenters. The normalized spacial score (nSPS) is 22.4. The number of nitrogens with zero attached hydrogens (tertiary/aromatic N) is 3. The number of rotatable bonds is 13. The van der Waals surface area contributed by atoms with Crippen molar-refractivity contribution in [3.63, 3.8) is 0 Å². The van der Waals surface area contributed by atoms with E-state index in [2.05, 4.69) is 37.4 Å². The molecule has 3 aromatic rings. The van der Waals surface area contributed by atoms with E-state index in [0.29, 0.717) is 43.5 Å². The van der Waals surface area contributed by atoms with Crippen LogP contribution >= 0.6 is 0 Å². The van der Waals surface area contributed by atoms with Crippen LogP contribution in [0.5, 0.6) is 11.5 Å². The summed E-state index contributed by atoms with van der Waals surface area (Å²) in [7, 11) is 3.32. The second-order valence-corrected chi connectivity index (χ2v) is 10.8. The maximum Gasteiger partial charge on any atom is 0.305 e. The molecule has 0 spiro atoms. The highest BCUT2D eigenvalue weighted by atomic mass is 16.5. The molecule has 2 fully saturated rings. The van der Waals surface area contributed by atoms with Gasteiger partial charge < -0.3 is 29.4 Å². The van der Waals surface area contributed by atoms with Crippen LogP contribution in [0.15, 0.2) is 36.8 Å². The predicted molar refractivity (Wildman–Crippen MR) is 151 cm³/mol. The molecular weight excluding hydrogens is 494 g/mol.